The third-order valence-electron chi connectivity index (χ3n) is 3.42. The van der Waals surface area contributed by atoms with Crippen molar-refractivity contribution in [1.29, 1.82) is 0 Å². The van der Waals surface area contributed by atoms with E-state index in [9.17, 15) is 4.79 Å². The Kier molecular flexibility index (Phi) is 3.06. The Morgan fingerprint density at radius 2 is 2.20 bits per heavy atom. The van der Waals surface area contributed by atoms with Crippen molar-refractivity contribution >= 4 is 6.09 Å². The monoisotopic (exact) mass is 273 g/mol. The van der Waals surface area contributed by atoms with Crippen molar-refractivity contribution in [2.75, 3.05) is 7.11 Å². The maximum atomic E-state index is 10.9. The molecule has 20 heavy (non-hydrogen) atoms. The Morgan fingerprint density at radius 1 is 1.40 bits per heavy atom. The Hall–Kier alpha value is -2.50. The normalized spacial score (nSPS) is 13.3. The fourth-order valence-corrected chi connectivity index (χ4v) is 2.43. The first-order chi connectivity index (χ1) is 9.67. The van der Waals surface area contributed by atoms with Crippen molar-refractivity contribution in [2.24, 2.45) is 0 Å². The fourth-order valence-electron chi connectivity index (χ4n) is 2.43. The van der Waals surface area contributed by atoms with Gasteiger partial charge >= 0.3 is 6.09 Å². The summed E-state index contributed by atoms with van der Waals surface area (Å²) in [6, 6.07) is 7.80. The van der Waals surface area contributed by atoms with Crippen LogP contribution >= 0.6 is 0 Å². The van der Waals surface area contributed by atoms with Crippen molar-refractivity contribution in [2.45, 2.75) is 19.6 Å². The lowest BCUT2D eigenvalue weighted by Crippen LogP contribution is -2.23. The van der Waals surface area contributed by atoms with E-state index >= 15 is 0 Å². The second-order valence-corrected chi connectivity index (χ2v) is 4.75. The van der Waals surface area contributed by atoms with Gasteiger partial charge in [0.05, 0.1) is 32.4 Å². The van der Waals surface area contributed by atoms with Crippen LogP contribution in [0.1, 0.15) is 16.8 Å². The van der Waals surface area contributed by atoms with Gasteiger partial charge in [-0.05, 0) is 6.07 Å². The van der Waals surface area contributed by atoms with E-state index in [0.29, 0.717) is 19.6 Å². The van der Waals surface area contributed by atoms with Crippen molar-refractivity contribution < 1.29 is 14.6 Å². The molecular weight excluding hydrogens is 258 g/mol. The molecule has 1 aromatic carbocycles. The molecule has 0 atom stereocenters. The number of carbonyl (C=O) groups is 1. The molecule has 0 unspecified atom stereocenters. The number of amides is 1. The molecule has 0 saturated carbocycles. The Morgan fingerprint density at radius 3 is 2.90 bits per heavy atom. The average molecular weight is 273 g/mol. The summed E-state index contributed by atoms with van der Waals surface area (Å²) in [5.74, 6) is 0.829. The van der Waals surface area contributed by atoms with Gasteiger partial charge in [0.2, 0.25) is 0 Å². The van der Waals surface area contributed by atoms with E-state index in [1.165, 1.54) is 4.90 Å². The van der Waals surface area contributed by atoms with Gasteiger partial charge in [-0.1, -0.05) is 18.2 Å². The molecule has 1 amide bonds. The highest BCUT2D eigenvalue weighted by Crippen LogP contribution is 2.23. The van der Waals surface area contributed by atoms with Crippen molar-refractivity contribution in [3.63, 3.8) is 0 Å². The van der Waals surface area contributed by atoms with E-state index in [0.717, 1.165) is 22.6 Å². The highest BCUT2D eigenvalue weighted by atomic mass is 16.5. The van der Waals surface area contributed by atoms with Gasteiger partial charge in [0.25, 0.3) is 0 Å². The highest BCUT2D eigenvalue weighted by molar-refractivity contribution is 5.66. The molecule has 6 heteroatoms. The SMILES string of the molecule is COc1ccccc1Cn1cc2c(n1)CN(C(=O)O)C2. The first-order valence-electron chi connectivity index (χ1n) is 6.32. The molecule has 0 spiro atoms. The molecule has 104 valence electrons. The number of aromatic nitrogens is 2. The minimum absolute atomic E-state index is 0.365. The minimum Gasteiger partial charge on any atom is -0.496 e. The van der Waals surface area contributed by atoms with E-state index in [1.54, 1.807) is 7.11 Å². The molecule has 1 aromatic heterocycles. The second-order valence-electron chi connectivity index (χ2n) is 4.75. The van der Waals surface area contributed by atoms with Crippen LogP contribution in [0.4, 0.5) is 4.79 Å². The maximum Gasteiger partial charge on any atom is 0.407 e. The fraction of sp³-hybridized carbons (Fsp3) is 0.286. The van der Waals surface area contributed by atoms with Gasteiger partial charge in [-0.3, -0.25) is 9.58 Å². The number of hydrogen-bond acceptors (Lipinski definition) is 3. The third-order valence-corrected chi connectivity index (χ3v) is 3.42. The molecule has 0 saturated heterocycles. The summed E-state index contributed by atoms with van der Waals surface area (Å²) in [7, 11) is 1.65. The maximum absolute atomic E-state index is 10.9. The number of nitrogens with zero attached hydrogens (tertiary/aromatic N) is 3. The number of ether oxygens (including phenoxy) is 1. The Labute approximate surface area is 116 Å². The zero-order valence-corrected chi connectivity index (χ0v) is 11.1. The van der Waals surface area contributed by atoms with Crippen LogP contribution in [0.5, 0.6) is 5.75 Å². The van der Waals surface area contributed by atoms with Crippen LogP contribution in [0.2, 0.25) is 0 Å². The summed E-state index contributed by atoms with van der Waals surface area (Å²) in [5, 5.41) is 13.4. The molecule has 1 N–H and O–H groups in total. The van der Waals surface area contributed by atoms with Crippen LogP contribution in [0.3, 0.4) is 0 Å². The molecule has 3 rings (SSSR count). The lowest BCUT2D eigenvalue weighted by atomic mass is 10.2. The van der Waals surface area contributed by atoms with Gasteiger partial charge in [-0.15, -0.1) is 0 Å². The van der Waals surface area contributed by atoms with Gasteiger partial charge in [-0.2, -0.15) is 5.10 Å². The lowest BCUT2D eigenvalue weighted by Gasteiger charge is -2.11. The van der Waals surface area contributed by atoms with Crippen molar-refractivity contribution in [3.8, 4) is 5.75 Å². The van der Waals surface area contributed by atoms with E-state index in [1.807, 2.05) is 35.1 Å². The Balaban J connectivity index is 1.78. The molecule has 6 nitrogen and oxygen atoms in total. The number of methoxy groups -OCH3 is 1. The first-order valence-corrected chi connectivity index (χ1v) is 6.32. The summed E-state index contributed by atoms with van der Waals surface area (Å²) >= 11 is 0. The average Bonchev–Trinajstić information content (AvgIpc) is 2.97. The van der Waals surface area contributed by atoms with Gasteiger partial charge in [-0.25, -0.2) is 4.79 Å². The molecule has 0 fully saturated rings. The Bertz CT molecular complexity index is 627. The summed E-state index contributed by atoms with van der Waals surface area (Å²) in [5.41, 5.74) is 2.86. The number of fused-ring (bicyclic) bond motifs is 1. The molecule has 1 aliphatic heterocycles. The molecule has 0 bridgehead atoms. The smallest absolute Gasteiger partial charge is 0.407 e. The number of para-hydroxylation sites is 1. The predicted octanol–water partition coefficient (Wildman–Crippen LogP) is 1.93. The summed E-state index contributed by atoms with van der Waals surface area (Å²) in [6.45, 7) is 1.39. The van der Waals surface area contributed by atoms with Crippen LogP contribution in [-0.2, 0) is 19.6 Å². The summed E-state index contributed by atoms with van der Waals surface area (Å²) in [6.07, 6.45) is 1.00. The van der Waals surface area contributed by atoms with Gasteiger partial charge in [0, 0.05) is 17.3 Å². The van der Waals surface area contributed by atoms with Crippen LogP contribution in [-0.4, -0.2) is 33.0 Å². The second kappa shape index (κ2) is 4.88. The third kappa shape index (κ3) is 2.20. The van der Waals surface area contributed by atoms with E-state index in [4.69, 9.17) is 9.84 Å². The molecule has 2 aromatic rings. The molecule has 0 aliphatic carbocycles. The molecule has 1 aliphatic rings. The first kappa shape index (κ1) is 12.5. The van der Waals surface area contributed by atoms with E-state index < -0.39 is 6.09 Å². The van der Waals surface area contributed by atoms with Crippen molar-refractivity contribution in [3.05, 3.63) is 47.3 Å². The zero-order valence-electron chi connectivity index (χ0n) is 11.1. The number of carboxylic acid groups (broad SMARTS) is 1. The van der Waals surface area contributed by atoms with Crippen LogP contribution in [0.25, 0.3) is 0 Å². The summed E-state index contributed by atoms with van der Waals surface area (Å²) in [4.78, 5) is 12.3. The topological polar surface area (TPSA) is 67.6 Å². The van der Waals surface area contributed by atoms with Crippen molar-refractivity contribution in [1.82, 2.24) is 14.7 Å². The highest BCUT2D eigenvalue weighted by Gasteiger charge is 2.25. The summed E-state index contributed by atoms with van der Waals surface area (Å²) < 4.78 is 7.15. The molecule has 2 heterocycles. The van der Waals surface area contributed by atoms with Crippen LogP contribution in [0.15, 0.2) is 30.5 Å². The standard InChI is InChI=1S/C14H15N3O3/c1-20-13-5-3-2-4-10(13)7-17-8-11-6-16(14(18)19)9-12(11)15-17/h2-5,8H,6-7,9H2,1H3,(H,18,19). The van der Waals surface area contributed by atoms with Crippen LogP contribution in [0, 0.1) is 0 Å². The van der Waals surface area contributed by atoms with E-state index in [-0.39, 0.29) is 0 Å². The van der Waals surface area contributed by atoms with E-state index in [2.05, 4.69) is 5.10 Å². The molecule has 0 radical (unpaired) electrons. The predicted molar refractivity (Wildman–Crippen MR) is 71.6 cm³/mol. The molecular formula is C14H15N3O3. The number of benzene rings is 1. The van der Waals surface area contributed by atoms with Gasteiger partial charge in [0.1, 0.15) is 5.75 Å². The van der Waals surface area contributed by atoms with Gasteiger partial charge < -0.3 is 9.84 Å². The lowest BCUT2D eigenvalue weighted by molar-refractivity contribution is 0.144. The number of hydrogen-bond donors (Lipinski definition) is 1. The van der Waals surface area contributed by atoms with Crippen LogP contribution < -0.4 is 4.74 Å². The number of rotatable bonds is 3. The van der Waals surface area contributed by atoms with Gasteiger partial charge in [0.15, 0.2) is 0 Å². The minimum atomic E-state index is -0.903. The largest absolute Gasteiger partial charge is 0.496 e. The quantitative estimate of drug-likeness (QED) is 0.928. The zero-order chi connectivity index (χ0) is 14.1.